The number of nitro groups is 1. The molecule has 0 saturated carbocycles. The van der Waals surface area contributed by atoms with Gasteiger partial charge < -0.3 is 9.47 Å². The Morgan fingerprint density at radius 2 is 1.85 bits per heavy atom. The Hall–Kier alpha value is -3.68. The third-order valence-electron chi connectivity index (χ3n) is 3.89. The van der Waals surface area contributed by atoms with E-state index in [1.165, 1.54) is 23.2 Å². The molecule has 0 saturated heterocycles. The van der Waals surface area contributed by atoms with Gasteiger partial charge in [0.1, 0.15) is 5.76 Å². The average Bonchev–Trinajstić information content (AvgIpc) is 2.69. The number of esters is 1. The summed E-state index contributed by atoms with van der Waals surface area (Å²) < 4.78 is 10.4. The van der Waals surface area contributed by atoms with Crippen LogP contribution in [0.1, 0.15) is 22.8 Å². The maximum Gasteiger partial charge on any atom is 0.338 e. The number of amides is 1. The number of carbonyl (C=O) groups is 2. The van der Waals surface area contributed by atoms with Gasteiger partial charge in [-0.25, -0.2) is 4.79 Å². The standard InChI is InChI=1S/C19H16N2O6/c1-2-26-19(23)14-5-7-15(8-6-14)20-11-17(27-12-18(20)22)13-3-9-16(10-4-13)21(24)25/h3-11H,2,12H2,1H3. The Kier molecular flexibility index (Phi) is 5.16. The number of nitrogens with zero attached hydrogens (tertiary/aromatic N) is 2. The number of hydrogen-bond acceptors (Lipinski definition) is 6. The number of ether oxygens (including phenoxy) is 2. The second kappa shape index (κ2) is 7.69. The molecule has 0 aromatic heterocycles. The number of carbonyl (C=O) groups excluding carboxylic acids is 2. The van der Waals surface area contributed by atoms with E-state index in [2.05, 4.69) is 0 Å². The van der Waals surface area contributed by atoms with E-state index >= 15 is 0 Å². The van der Waals surface area contributed by atoms with Gasteiger partial charge in [-0.2, -0.15) is 0 Å². The van der Waals surface area contributed by atoms with Crippen molar-refractivity contribution in [3.05, 3.63) is 76.0 Å². The molecule has 1 amide bonds. The van der Waals surface area contributed by atoms with Crippen LogP contribution in [0.25, 0.3) is 5.76 Å². The van der Waals surface area contributed by atoms with Gasteiger partial charge in [0.05, 0.1) is 23.3 Å². The number of non-ortho nitro benzene ring substituents is 1. The molecule has 0 bridgehead atoms. The van der Waals surface area contributed by atoms with Crippen LogP contribution in [-0.2, 0) is 14.3 Å². The summed E-state index contributed by atoms with van der Waals surface area (Å²) >= 11 is 0. The van der Waals surface area contributed by atoms with Crippen LogP contribution in [0.2, 0.25) is 0 Å². The van der Waals surface area contributed by atoms with Crippen LogP contribution in [0.15, 0.2) is 54.7 Å². The monoisotopic (exact) mass is 368 g/mol. The summed E-state index contributed by atoms with van der Waals surface area (Å²) in [5, 5.41) is 10.8. The van der Waals surface area contributed by atoms with Crippen molar-refractivity contribution in [3.8, 4) is 0 Å². The van der Waals surface area contributed by atoms with Crippen molar-refractivity contribution < 1.29 is 24.0 Å². The molecule has 0 radical (unpaired) electrons. The fourth-order valence-corrected chi connectivity index (χ4v) is 2.53. The molecule has 3 rings (SSSR count). The number of anilines is 1. The van der Waals surface area contributed by atoms with Gasteiger partial charge in [-0.15, -0.1) is 0 Å². The molecule has 2 aromatic rings. The second-order valence-corrected chi connectivity index (χ2v) is 5.62. The minimum Gasteiger partial charge on any atom is -0.482 e. The average molecular weight is 368 g/mol. The summed E-state index contributed by atoms with van der Waals surface area (Å²) in [6.45, 7) is 1.84. The van der Waals surface area contributed by atoms with Crippen LogP contribution < -0.4 is 4.90 Å². The summed E-state index contributed by atoms with van der Waals surface area (Å²) in [5.74, 6) is -0.289. The van der Waals surface area contributed by atoms with E-state index in [0.717, 1.165) is 0 Å². The van der Waals surface area contributed by atoms with Crippen LogP contribution >= 0.6 is 0 Å². The van der Waals surface area contributed by atoms with Gasteiger partial charge in [-0.3, -0.25) is 19.8 Å². The molecule has 27 heavy (non-hydrogen) atoms. The normalized spacial score (nSPS) is 13.6. The van der Waals surface area contributed by atoms with Gasteiger partial charge in [0.15, 0.2) is 6.61 Å². The lowest BCUT2D eigenvalue weighted by Crippen LogP contribution is -2.33. The van der Waals surface area contributed by atoms with E-state index in [9.17, 15) is 19.7 Å². The van der Waals surface area contributed by atoms with Crippen LogP contribution in [0.3, 0.4) is 0 Å². The molecule has 1 aliphatic heterocycles. The Balaban J connectivity index is 1.86. The summed E-state index contributed by atoms with van der Waals surface area (Å²) in [4.78, 5) is 35.6. The third-order valence-corrected chi connectivity index (χ3v) is 3.89. The topological polar surface area (TPSA) is 99.0 Å². The zero-order chi connectivity index (χ0) is 19.4. The molecular weight excluding hydrogens is 352 g/mol. The van der Waals surface area contributed by atoms with Crippen LogP contribution in [0.5, 0.6) is 0 Å². The van der Waals surface area contributed by atoms with Crippen LogP contribution in [-0.4, -0.2) is 30.0 Å². The van der Waals surface area contributed by atoms with Gasteiger partial charge in [0.25, 0.3) is 11.6 Å². The molecule has 1 aliphatic rings. The Labute approximate surface area is 154 Å². The smallest absolute Gasteiger partial charge is 0.338 e. The van der Waals surface area contributed by atoms with E-state index in [1.54, 1.807) is 43.3 Å². The van der Waals surface area contributed by atoms with Gasteiger partial charge in [-0.1, -0.05) is 0 Å². The van der Waals surface area contributed by atoms with Crippen molar-refractivity contribution >= 4 is 29.0 Å². The van der Waals surface area contributed by atoms with E-state index < -0.39 is 10.9 Å². The second-order valence-electron chi connectivity index (χ2n) is 5.62. The highest BCUT2D eigenvalue weighted by atomic mass is 16.6. The van der Waals surface area contributed by atoms with Gasteiger partial charge in [0.2, 0.25) is 0 Å². The van der Waals surface area contributed by atoms with Gasteiger partial charge in [0, 0.05) is 23.4 Å². The maximum atomic E-state index is 12.2. The first-order valence-electron chi connectivity index (χ1n) is 8.18. The summed E-state index contributed by atoms with van der Waals surface area (Å²) in [6.07, 6.45) is 1.52. The molecule has 2 aromatic carbocycles. The minimum atomic E-state index is -0.485. The van der Waals surface area contributed by atoms with E-state index in [0.29, 0.717) is 22.6 Å². The molecule has 8 heteroatoms. The lowest BCUT2D eigenvalue weighted by Gasteiger charge is -2.25. The zero-order valence-electron chi connectivity index (χ0n) is 14.5. The Bertz CT molecular complexity index is 903. The third kappa shape index (κ3) is 3.95. The first kappa shape index (κ1) is 18.1. The Morgan fingerprint density at radius 3 is 2.44 bits per heavy atom. The fraction of sp³-hybridized carbons (Fsp3) is 0.158. The molecule has 0 unspecified atom stereocenters. The molecule has 138 valence electrons. The van der Waals surface area contributed by atoms with Gasteiger partial charge in [-0.05, 0) is 43.3 Å². The largest absolute Gasteiger partial charge is 0.482 e. The van der Waals surface area contributed by atoms with E-state index in [1.807, 2.05) is 0 Å². The predicted molar refractivity (Wildman–Crippen MR) is 96.9 cm³/mol. The van der Waals surface area contributed by atoms with Crippen molar-refractivity contribution in [1.82, 2.24) is 0 Å². The number of rotatable bonds is 5. The first-order chi connectivity index (χ1) is 13.0. The minimum absolute atomic E-state index is 0.0300. The van der Waals surface area contributed by atoms with Gasteiger partial charge >= 0.3 is 5.97 Å². The summed E-state index contributed by atoms with van der Waals surface area (Å²) in [5.41, 5.74) is 1.54. The zero-order valence-corrected chi connectivity index (χ0v) is 14.5. The molecule has 0 aliphatic carbocycles. The number of benzene rings is 2. The predicted octanol–water partition coefficient (Wildman–Crippen LogP) is 3.13. The lowest BCUT2D eigenvalue weighted by atomic mass is 10.1. The van der Waals surface area contributed by atoms with E-state index in [4.69, 9.17) is 9.47 Å². The Morgan fingerprint density at radius 1 is 1.19 bits per heavy atom. The number of hydrogen-bond donors (Lipinski definition) is 0. The molecule has 0 atom stereocenters. The lowest BCUT2D eigenvalue weighted by molar-refractivity contribution is -0.384. The van der Waals surface area contributed by atoms with Crippen LogP contribution in [0.4, 0.5) is 11.4 Å². The highest BCUT2D eigenvalue weighted by molar-refractivity contribution is 6.00. The first-order valence-corrected chi connectivity index (χ1v) is 8.18. The van der Waals surface area contributed by atoms with Crippen molar-refractivity contribution in [3.63, 3.8) is 0 Å². The quantitative estimate of drug-likeness (QED) is 0.457. The summed E-state index contributed by atoms with van der Waals surface area (Å²) in [6, 6.07) is 12.3. The van der Waals surface area contributed by atoms with Crippen molar-refractivity contribution in [2.75, 3.05) is 18.1 Å². The molecular formula is C19H16N2O6. The summed E-state index contributed by atoms with van der Waals surface area (Å²) in [7, 11) is 0. The molecule has 0 spiro atoms. The fourth-order valence-electron chi connectivity index (χ4n) is 2.53. The van der Waals surface area contributed by atoms with E-state index in [-0.39, 0.29) is 24.8 Å². The highest BCUT2D eigenvalue weighted by Crippen LogP contribution is 2.26. The molecule has 1 heterocycles. The van der Waals surface area contributed by atoms with Crippen molar-refractivity contribution in [2.24, 2.45) is 0 Å². The molecule has 8 nitrogen and oxygen atoms in total. The SMILES string of the molecule is CCOC(=O)c1ccc(N2C=C(c3ccc([N+](=O)[O-])cc3)OCC2=O)cc1. The molecule has 0 fully saturated rings. The van der Waals surface area contributed by atoms with Crippen molar-refractivity contribution in [1.29, 1.82) is 0 Å². The highest BCUT2D eigenvalue weighted by Gasteiger charge is 2.23. The maximum absolute atomic E-state index is 12.2. The van der Waals surface area contributed by atoms with Crippen molar-refractivity contribution in [2.45, 2.75) is 6.92 Å². The van der Waals surface area contributed by atoms with Crippen LogP contribution in [0, 0.1) is 10.1 Å². The molecule has 0 N–H and O–H groups in total. The number of nitro benzene ring substituents is 1.